The molecule has 1 saturated heterocycles. The van der Waals surface area contributed by atoms with Gasteiger partial charge in [-0.05, 0) is 7.05 Å². The maximum atomic E-state index is 9.01. The second-order valence-electron chi connectivity index (χ2n) is 2.42. The molecule has 0 spiro atoms. The van der Waals surface area contributed by atoms with Crippen molar-refractivity contribution in [2.45, 2.75) is 18.7 Å². The van der Waals surface area contributed by atoms with E-state index in [0.717, 1.165) is 13.0 Å². The van der Waals surface area contributed by atoms with Crippen molar-refractivity contribution in [2.24, 2.45) is 5.73 Å². The Hall–Kier alpha value is -0.120. The van der Waals surface area contributed by atoms with Gasteiger partial charge in [0.15, 0.2) is 0 Å². The summed E-state index contributed by atoms with van der Waals surface area (Å²) >= 11 is 0. The van der Waals surface area contributed by atoms with Crippen LogP contribution in [0.25, 0.3) is 0 Å². The van der Waals surface area contributed by atoms with Crippen LogP contribution in [-0.4, -0.2) is 35.9 Å². The van der Waals surface area contributed by atoms with Crippen molar-refractivity contribution in [1.82, 2.24) is 4.90 Å². The number of nitrogens with two attached hydrogens (primary N) is 1. The highest BCUT2D eigenvalue weighted by Crippen LogP contribution is 2.09. The number of hydrogen-bond donors (Lipinski definition) is 2. The van der Waals surface area contributed by atoms with Gasteiger partial charge in [-0.1, -0.05) is 0 Å². The zero-order chi connectivity index (χ0) is 6.15. The first-order chi connectivity index (χ1) is 3.70. The van der Waals surface area contributed by atoms with E-state index in [2.05, 4.69) is 0 Å². The van der Waals surface area contributed by atoms with Crippen molar-refractivity contribution in [2.75, 3.05) is 13.6 Å². The van der Waals surface area contributed by atoms with Gasteiger partial charge in [0.1, 0.15) is 6.23 Å². The van der Waals surface area contributed by atoms with E-state index in [1.807, 2.05) is 11.9 Å². The number of hydrogen-bond acceptors (Lipinski definition) is 3. The maximum Gasteiger partial charge on any atom is 0.108 e. The molecular formula is C5H12N2O. The molecule has 48 valence electrons. The highest BCUT2D eigenvalue weighted by atomic mass is 16.3. The van der Waals surface area contributed by atoms with Gasteiger partial charge in [-0.3, -0.25) is 4.90 Å². The fourth-order valence-corrected chi connectivity index (χ4v) is 1.02. The fourth-order valence-electron chi connectivity index (χ4n) is 1.02. The summed E-state index contributed by atoms with van der Waals surface area (Å²) in [4.78, 5) is 1.85. The molecule has 0 amide bonds. The lowest BCUT2D eigenvalue weighted by Crippen LogP contribution is -2.25. The van der Waals surface area contributed by atoms with Crippen LogP contribution in [-0.2, 0) is 0 Å². The Morgan fingerprint density at radius 2 is 2.38 bits per heavy atom. The van der Waals surface area contributed by atoms with Crippen molar-refractivity contribution in [3.05, 3.63) is 0 Å². The van der Waals surface area contributed by atoms with Gasteiger partial charge in [0.25, 0.3) is 0 Å². The molecule has 3 N–H and O–H groups in total. The molecule has 0 bridgehead atoms. The molecule has 0 radical (unpaired) electrons. The first-order valence-corrected chi connectivity index (χ1v) is 2.84. The van der Waals surface area contributed by atoms with Gasteiger partial charge >= 0.3 is 0 Å². The normalized spacial score (nSPS) is 40.9. The molecule has 1 fully saturated rings. The smallest absolute Gasteiger partial charge is 0.108 e. The van der Waals surface area contributed by atoms with E-state index in [0.29, 0.717) is 0 Å². The summed E-state index contributed by atoms with van der Waals surface area (Å²) in [6.07, 6.45) is 0.418. The average Bonchev–Trinajstić information content (AvgIpc) is 1.85. The van der Waals surface area contributed by atoms with Crippen molar-refractivity contribution >= 4 is 0 Å². The molecule has 0 aliphatic carbocycles. The standard InChI is InChI=1S/C5H12N2O/c1-7-3-4(6)2-5(7)8/h4-5,8H,2-3,6H2,1H3. The van der Waals surface area contributed by atoms with Crippen LogP contribution < -0.4 is 5.73 Å². The minimum atomic E-state index is -0.301. The number of aliphatic hydroxyl groups excluding tert-OH is 1. The van der Waals surface area contributed by atoms with E-state index in [1.54, 1.807) is 0 Å². The van der Waals surface area contributed by atoms with E-state index in [4.69, 9.17) is 10.8 Å². The summed E-state index contributed by atoms with van der Waals surface area (Å²) < 4.78 is 0. The molecule has 2 unspecified atom stereocenters. The van der Waals surface area contributed by atoms with Crippen molar-refractivity contribution in [3.8, 4) is 0 Å². The molecule has 1 rings (SSSR count). The molecule has 3 heteroatoms. The number of likely N-dealkylation sites (N-methyl/N-ethyl adjacent to an activating group) is 1. The largest absolute Gasteiger partial charge is 0.378 e. The molecule has 0 saturated carbocycles. The van der Waals surface area contributed by atoms with E-state index in [9.17, 15) is 0 Å². The van der Waals surface area contributed by atoms with Crippen LogP contribution in [0.2, 0.25) is 0 Å². The molecule has 1 heterocycles. The van der Waals surface area contributed by atoms with E-state index in [-0.39, 0.29) is 12.3 Å². The SMILES string of the molecule is CN1CC(N)CC1O. The Morgan fingerprint density at radius 3 is 2.50 bits per heavy atom. The lowest BCUT2D eigenvalue weighted by atomic mass is 10.3. The molecule has 1 aliphatic rings. The van der Waals surface area contributed by atoms with Crippen LogP contribution in [0.15, 0.2) is 0 Å². The number of nitrogens with zero attached hydrogens (tertiary/aromatic N) is 1. The quantitative estimate of drug-likeness (QED) is 0.425. The van der Waals surface area contributed by atoms with Crippen LogP contribution in [0.1, 0.15) is 6.42 Å². The summed E-state index contributed by atoms with van der Waals surface area (Å²) in [7, 11) is 1.87. The first kappa shape index (κ1) is 6.01. The van der Waals surface area contributed by atoms with Crippen LogP contribution >= 0.6 is 0 Å². The van der Waals surface area contributed by atoms with E-state index in [1.165, 1.54) is 0 Å². The van der Waals surface area contributed by atoms with Crippen LogP contribution in [0, 0.1) is 0 Å². The Morgan fingerprint density at radius 1 is 1.75 bits per heavy atom. The van der Waals surface area contributed by atoms with Gasteiger partial charge in [0.2, 0.25) is 0 Å². The molecule has 0 aromatic carbocycles. The Kier molecular flexibility index (Phi) is 1.51. The number of likely N-dealkylation sites (tertiary alicyclic amines) is 1. The lowest BCUT2D eigenvalue weighted by molar-refractivity contribution is 0.0573. The minimum absolute atomic E-state index is 0.176. The average molecular weight is 116 g/mol. The molecule has 1 aliphatic heterocycles. The Balaban J connectivity index is 2.39. The van der Waals surface area contributed by atoms with Crippen molar-refractivity contribution in [3.63, 3.8) is 0 Å². The summed E-state index contributed by atoms with van der Waals surface area (Å²) in [5, 5.41) is 9.01. The monoisotopic (exact) mass is 116 g/mol. The third-order valence-corrected chi connectivity index (χ3v) is 1.54. The minimum Gasteiger partial charge on any atom is -0.378 e. The zero-order valence-electron chi connectivity index (χ0n) is 5.04. The maximum absolute atomic E-state index is 9.01. The summed E-state index contributed by atoms with van der Waals surface area (Å²) in [6, 6.07) is 0.176. The summed E-state index contributed by atoms with van der Waals surface area (Å²) in [5.74, 6) is 0. The highest BCUT2D eigenvalue weighted by molar-refractivity contribution is 4.78. The van der Waals surface area contributed by atoms with Gasteiger partial charge in [-0.25, -0.2) is 0 Å². The Bertz CT molecular complexity index is 76.5. The van der Waals surface area contributed by atoms with E-state index < -0.39 is 0 Å². The van der Waals surface area contributed by atoms with Crippen LogP contribution in [0.3, 0.4) is 0 Å². The van der Waals surface area contributed by atoms with Crippen LogP contribution in [0.4, 0.5) is 0 Å². The van der Waals surface area contributed by atoms with Crippen molar-refractivity contribution in [1.29, 1.82) is 0 Å². The molecular weight excluding hydrogens is 104 g/mol. The van der Waals surface area contributed by atoms with Gasteiger partial charge in [-0.15, -0.1) is 0 Å². The third kappa shape index (κ3) is 0.992. The first-order valence-electron chi connectivity index (χ1n) is 2.84. The molecule has 0 aromatic rings. The van der Waals surface area contributed by atoms with Gasteiger partial charge in [0, 0.05) is 19.0 Å². The molecule has 0 aromatic heterocycles. The van der Waals surface area contributed by atoms with E-state index >= 15 is 0 Å². The summed E-state index contributed by atoms with van der Waals surface area (Å²) in [5.41, 5.74) is 5.51. The predicted molar refractivity (Wildman–Crippen MR) is 31.2 cm³/mol. The Labute approximate surface area is 49.1 Å². The highest BCUT2D eigenvalue weighted by Gasteiger charge is 2.23. The van der Waals surface area contributed by atoms with Crippen molar-refractivity contribution < 1.29 is 5.11 Å². The fraction of sp³-hybridized carbons (Fsp3) is 1.00. The molecule has 2 atom stereocenters. The molecule has 8 heavy (non-hydrogen) atoms. The topological polar surface area (TPSA) is 49.5 Å². The predicted octanol–water partition coefficient (Wildman–Crippen LogP) is -1.03. The molecule has 3 nitrogen and oxygen atoms in total. The lowest BCUT2D eigenvalue weighted by Gasteiger charge is -2.10. The van der Waals surface area contributed by atoms with Gasteiger partial charge in [-0.2, -0.15) is 0 Å². The summed E-state index contributed by atoms with van der Waals surface area (Å²) in [6.45, 7) is 0.821. The second kappa shape index (κ2) is 2.01. The van der Waals surface area contributed by atoms with Gasteiger partial charge in [0.05, 0.1) is 0 Å². The number of aliphatic hydroxyl groups is 1. The van der Waals surface area contributed by atoms with Crippen LogP contribution in [0.5, 0.6) is 0 Å². The van der Waals surface area contributed by atoms with Gasteiger partial charge < -0.3 is 10.8 Å². The zero-order valence-corrected chi connectivity index (χ0v) is 5.04. The third-order valence-electron chi connectivity index (χ3n) is 1.54. The second-order valence-corrected chi connectivity index (χ2v) is 2.42. The number of rotatable bonds is 0.